The van der Waals surface area contributed by atoms with Crippen molar-refractivity contribution in [3.63, 3.8) is 0 Å². The Balaban J connectivity index is 1.85. The Morgan fingerprint density at radius 1 is 1.04 bits per heavy atom. The van der Waals surface area contributed by atoms with Gasteiger partial charge in [-0.3, -0.25) is 9.59 Å². The van der Waals surface area contributed by atoms with E-state index in [4.69, 9.17) is 0 Å². The zero-order chi connectivity index (χ0) is 19.1. The van der Waals surface area contributed by atoms with E-state index < -0.39 is 0 Å². The van der Waals surface area contributed by atoms with Crippen LogP contribution in [0, 0.1) is 10.5 Å². The van der Waals surface area contributed by atoms with Crippen molar-refractivity contribution in [2.45, 2.75) is 13.8 Å². The molecular weight excluding hydrogens is 455 g/mol. The Morgan fingerprint density at radius 3 is 2.52 bits per heavy atom. The zero-order valence-corrected chi connectivity index (χ0v) is 16.8. The van der Waals surface area contributed by atoms with E-state index in [0.717, 1.165) is 9.13 Å². The van der Waals surface area contributed by atoms with Crippen molar-refractivity contribution in [2.24, 2.45) is 4.99 Å². The molecule has 6 nitrogen and oxygen atoms in total. The van der Waals surface area contributed by atoms with Gasteiger partial charge in [-0.05, 0) is 66.3 Å². The molecule has 134 valence electrons. The number of rotatable bonds is 2. The van der Waals surface area contributed by atoms with Crippen molar-refractivity contribution in [3.8, 4) is 0 Å². The van der Waals surface area contributed by atoms with Crippen LogP contribution in [0.3, 0.4) is 0 Å². The van der Waals surface area contributed by atoms with E-state index >= 15 is 0 Å². The van der Waals surface area contributed by atoms with Crippen molar-refractivity contribution >= 4 is 51.3 Å². The number of fused-ring (bicyclic) bond motifs is 1. The minimum atomic E-state index is -0.353. The molecule has 0 unspecified atom stereocenters. The molecule has 1 aromatic heterocycles. The Morgan fingerprint density at radius 2 is 1.78 bits per heavy atom. The molecule has 0 atom stereocenters. The molecule has 2 aromatic carbocycles. The molecular formula is C20H15IN4O2. The van der Waals surface area contributed by atoms with Gasteiger partial charge in [-0.15, -0.1) is 0 Å². The molecule has 0 radical (unpaired) electrons. The van der Waals surface area contributed by atoms with E-state index in [9.17, 15) is 9.59 Å². The second-order valence-corrected chi connectivity index (χ2v) is 7.40. The van der Waals surface area contributed by atoms with Crippen LogP contribution in [0.2, 0.25) is 0 Å². The fourth-order valence-electron chi connectivity index (χ4n) is 3.06. The standard InChI is InChI=1S/C20H15IN4O2/c1-12-22-17-9-8-15(21)11-16(17)19(26)24(12)25-13(2)23-18(20(25)27)10-14-6-4-3-5-7-14/h3-11H,1-2H3/b18-10+. The summed E-state index contributed by atoms with van der Waals surface area (Å²) in [5.41, 5.74) is 1.47. The molecule has 7 heteroatoms. The van der Waals surface area contributed by atoms with Crippen LogP contribution in [-0.4, -0.2) is 21.4 Å². The van der Waals surface area contributed by atoms with Gasteiger partial charge in [-0.1, -0.05) is 30.3 Å². The summed E-state index contributed by atoms with van der Waals surface area (Å²) in [6, 6.07) is 15.0. The van der Waals surface area contributed by atoms with Gasteiger partial charge in [0.1, 0.15) is 17.4 Å². The lowest BCUT2D eigenvalue weighted by Gasteiger charge is -2.20. The lowest BCUT2D eigenvalue weighted by atomic mass is 10.2. The number of benzene rings is 2. The molecule has 0 spiro atoms. The minimum Gasteiger partial charge on any atom is -0.267 e. The first-order valence-electron chi connectivity index (χ1n) is 8.31. The molecule has 0 saturated heterocycles. The van der Waals surface area contributed by atoms with Gasteiger partial charge in [0.15, 0.2) is 0 Å². The molecule has 0 saturated carbocycles. The smallest absolute Gasteiger partial charge is 0.267 e. The third-order valence-corrected chi connectivity index (χ3v) is 4.94. The molecule has 3 aromatic rings. The molecule has 4 rings (SSSR count). The van der Waals surface area contributed by atoms with Crippen molar-refractivity contribution in [1.29, 1.82) is 0 Å². The monoisotopic (exact) mass is 470 g/mol. The fraction of sp³-hybridized carbons (Fsp3) is 0.100. The number of carbonyl (C=O) groups excluding carboxylic acids is 1. The minimum absolute atomic E-state index is 0.285. The lowest BCUT2D eigenvalue weighted by molar-refractivity contribution is -0.115. The van der Waals surface area contributed by atoms with Crippen molar-refractivity contribution in [3.05, 3.63) is 79.5 Å². The van der Waals surface area contributed by atoms with Gasteiger partial charge in [-0.2, -0.15) is 9.69 Å². The largest absolute Gasteiger partial charge is 0.297 e. The first-order chi connectivity index (χ1) is 13.0. The fourth-order valence-corrected chi connectivity index (χ4v) is 3.55. The topological polar surface area (TPSA) is 67.6 Å². The number of halogens is 1. The maximum Gasteiger partial charge on any atom is 0.297 e. The van der Waals surface area contributed by atoms with Crippen LogP contribution < -0.4 is 10.6 Å². The summed E-state index contributed by atoms with van der Waals surface area (Å²) in [5, 5.41) is 1.76. The summed E-state index contributed by atoms with van der Waals surface area (Å²) in [5.74, 6) is 0.505. The van der Waals surface area contributed by atoms with Crippen molar-refractivity contribution < 1.29 is 4.79 Å². The van der Waals surface area contributed by atoms with Crippen LogP contribution in [0.5, 0.6) is 0 Å². The van der Waals surface area contributed by atoms with E-state index in [2.05, 4.69) is 32.6 Å². The summed E-state index contributed by atoms with van der Waals surface area (Å²) >= 11 is 2.15. The average molecular weight is 470 g/mol. The van der Waals surface area contributed by atoms with Gasteiger partial charge < -0.3 is 0 Å². The molecule has 27 heavy (non-hydrogen) atoms. The van der Waals surface area contributed by atoms with Crippen molar-refractivity contribution in [1.82, 2.24) is 9.66 Å². The lowest BCUT2D eigenvalue weighted by Crippen LogP contribution is -2.48. The third kappa shape index (κ3) is 3.08. The molecule has 2 heterocycles. The van der Waals surface area contributed by atoms with Crippen LogP contribution in [0.1, 0.15) is 18.3 Å². The van der Waals surface area contributed by atoms with Crippen LogP contribution >= 0.6 is 22.6 Å². The van der Waals surface area contributed by atoms with Gasteiger partial charge in [0.2, 0.25) is 0 Å². The molecule has 1 aliphatic rings. The number of hydrogen-bond donors (Lipinski definition) is 0. The van der Waals surface area contributed by atoms with Crippen molar-refractivity contribution in [2.75, 3.05) is 5.01 Å². The molecule has 1 amide bonds. The first-order valence-corrected chi connectivity index (χ1v) is 9.39. The molecule has 0 fully saturated rings. The second kappa shape index (κ2) is 6.73. The highest BCUT2D eigenvalue weighted by atomic mass is 127. The highest BCUT2D eigenvalue weighted by molar-refractivity contribution is 14.1. The Labute approximate surface area is 169 Å². The number of amidine groups is 1. The normalized spacial score (nSPS) is 15.7. The molecule has 1 aliphatic heterocycles. The predicted octanol–water partition coefficient (Wildman–Crippen LogP) is 3.25. The Kier molecular flexibility index (Phi) is 4.39. The van der Waals surface area contributed by atoms with Crippen LogP contribution in [0.4, 0.5) is 0 Å². The summed E-state index contributed by atoms with van der Waals surface area (Å²) in [6.07, 6.45) is 1.71. The van der Waals surface area contributed by atoms with Crippen LogP contribution in [0.25, 0.3) is 17.0 Å². The van der Waals surface area contributed by atoms with E-state index in [1.807, 2.05) is 42.5 Å². The number of aromatic nitrogens is 2. The number of aliphatic imine (C=N–C) groups is 1. The van der Waals surface area contributed by atoms with E-state index in [1.54, 1.807) is 26.0 Å². The Hall–Kier alpha value is -2.81. The van der Waals surface area contributed by atoms with E-state index in [1.165, 1.54) is 9.69 Å². The van der Waals surface area contributed by atoms with Gasteiger partial charge in [0.25, 0.3) is 11.5 Å². The second-order valence-electron chi connectivity index (χ2n) is 6.15. The maximum atomic E-state index is 13.1. The van der Waals surface area contributed by atoms with Crippen LogP contribution in [-0.2, 0) is 4.79 Å². The summed E-state index contributed by atoms with van der Waals surface area (Å²) in [4.78, 5) is 34.9. The molecule has 0 N–H and O–H groups in total. The number of aryl methyl sites for hydroxylation is 1. The average Bonchev–Trinajstić information content (AvgIpc) is 2.91. The number of nitrogens with zero attached hydrogens (tertiary/aromatic N) is 4. The van der Waals surface area contributed by atoms with E-state index in [-0.39, 0.29) is 17.2 Å². The Bertz CT molecular complexity index is 1200. The number of hydrogen-bond acceptors (Lipinski definition) is 4. The highest BCUT2D eigenvalue weighted by Crippen LogP contribution is 2.19. The van der Waals surface area contributed by atoms with Gasteiger partial charge >= 0.3 is 0 Å². The number of amides is 1. The third-order valence-electron chi connectivity index (χ3n) is 4.27. The SMILES string of the molecule is CC1=N/C(=C/c2ccccc2)C(=O)N1n1c(C)nc2ccc(I)cc2c1=O. The summed E-state index contributed by atoms with van der Waals surface area (Å²) < 4.78 is 2.23. The quantitative estimate of drug-likeness (QED) is 0.427. The van der Waals surface area contributed by atoms with Crippen LogP contribution in [0.15, 0.2) is 64.0 Å². The summed E-state index contributed by atoms with van der Waals surface area (Å²) in [7, 11) is 0. The molecule has 0 bridgehead atoms. The summed E-state index contributed by atoms with van der Waals surface area (Å²) in [6.45, 7) is 3.41. The van der Waals surface area contributed by atoms with Gasteiger partial charge in [-0.25, -0.2) is 9.98 Å². The molecule has 0 aliphatic carbocycles. The zero-order valence-electron chi connectivity index (χ0n) is 14.7. The van der Waals surface area contributed by atoms with Gasteiger partial charge in [0.05, 0.1) is 10.9 Å². The first kappa shape index (κ1) is 17.6. The van der Waals surface area contributed by atoms with E-state index in [0.29, 0.717) is 22.6 Å². The number of carbonyl (C=O) groups is 1. The highest BCUT2D eigenvalue weighted by Gasteiger charge is 2.31. The van der Waals surface area contributed by atoms with Gasteiger partial charge in [0, 0.05) is 3.57 Å². The predicted molar refractivity (Wildman–Crippen MR) is 114 cm³/mol. The maximum absolute atomic E-state index is 13.1.